The third-order valence-corrected chi connectivity index (χ3v) is 5.92. The Hall–Kier alpha value is -3.18. The van der Waals surface area contributed by atoms with Crippen LogP contribution in [0.4, 0.5) is 5.69 Å². The summed E-state index contributed by atoms with van der Waals surface area (Å²) in [6.45, 7) is 2.78. The molecule has 158 valence electrons. The number of anilines is 1. The number of benzene rings is 3. The molecule has 0 saturated carbocycles. The van der Waals surface area contributed by atoms with Crippen molar-refractivity contribution in [2.75, 3.05) is 19.0 Å². The molecule has 3 aromatic carbocycles. The highest BCUT2D eigenvalue weighted by molar-refractivity contribution is 7.80. The van der Waals surface area contributed by atoms with Crippen molar-refractivity contribution in [1.29, 1.82) is 0 Å². The van der Waals surface area contributed by atoms with Crippen molar-refractivity contribution >= 4 is 28.7 Å². The molecule has 0 saturated heterocycles. The Morgan fingerprint density at radius 2 is 1.68 bits per heavy atom. The van der Waals surface area contributed by atoms with Gasteiger partial charge in [-0.15, -0.1) is 0 Å². The normalized spacial score (nSPS) is 15.5. The number of hydrazone groups is 1. The van der Waals surface area contributed by atoms with Gasteiger partial charge in [0.2, 0.25) is 0 Å². The molecule has 0 amide bonds. The quantitative estimate of drug-likeness (QED) is 0.560. The van der Waals surface area contributed by atoms with E-state index in [2.05, 4.69) is 91.9 Å². The van der Waals surface area contributed by atoms with Crippen LogP contribution in [0.25, 0.3) is 0 Å². The van der Waals surface area contributed by atoms with Gasteiger partial charge in [0, 0.05) is 32.7 Å². The van der Waals surface area contributed by atoms with E-state index < -0.39 is 0 Å². The van der Waals surface area contributed by atoms with Crippen LogP contribution in [-0.2, 0) is 6.54 Å². The third-order valence-electron chi connectivity index (χ3n) is 5.58. The summed E-state index contributed by atoms with van der Waals surface area (Å²) in [5.74, 6) is 0. The van der Waals surface area contributed by atoms with Gasteiger partial charge in [-0.25, -0.2) is 5.01 Å². The fourth-order valence-corrected chi connectivity index (χ4v) is 3.97. The summed E-state index contributed by atoms with van der Waals surface area (Å²) in [4.78, 5) is 2.11. The van der Waals surface area contributed by atoms with Crippen molar-refractivity contribution in [2.45, 2.75) is 25.9 Å². The van der Waals surface area contributed by atoms with E-state index in [-0.39, 0.29) is 6.04 Å². The highest BCUT2D eigenvalue weighted by atomic mass is 32.1. The molecule has 1 unspecified atom stereocenters. The minimum absolute atomic E-state index is 0.0725. The van der Waals surface area contributed by atoms with Crippen LogP contribution in [0.3, 0.4) is 0 Å². The Morgan fingerprint density at radius 3 is 2.32 bits per heavy atom. The van der Waals surface area contributed by atoms with Gasteiger partial charge in [-0.05, 0) is 48.0 Å². The minimum Gasteiger partial charge on any atom is -0.378 e. The van der Waals surface area contributed by atoms with Gasteiger partial charge in [0.15, 0.2) is 5.11 Å². The number of rotatable bonds is 5. The molecule has 0 bridgehead atoms. The lowest BCUT2D eigenvalue weighted by Gasteiger charge is -2.25. The van der Waals surface area contributed by atoms with Crippen LogP contribution < -0.4 is 10.2 Å². The van der Waals surface area contributed by atoms with Crippen LogP contribution in [0, 0.1) is 6.92 Å². The highest BCUT2D eigenvalue weighted by Crippen LogP contribution is 2.33. The van der Waals surface area contributed by atoms with Gasteiger partial charge in [-0.2, -0.15) is 5.10 Å². The molecule has 0 radical (unpaired) electrons. The van der Waals surface area contributed by atoms with E-state index in [0.717, 1.165) is 17.7 Å². The SMILES string of the molecule is Cc1ccc(C2=NN(C(=S)NCc3ccccc3)C(c3ccc(N(C)C)cc3)C2)cc1. The molecule has 3 aromatic rings. The largest absolute Gasteiger partial charge is 0.378 e. The van der Waals surface area contributed by atoms with E-state index in [1.54, 1.807) is 0 Å². The Kier molecular flexibility index (Phi) is 6.33. The van der Waals surface area contributed by atoms with Crippen LogP contribution in [0.1, 0.15) is 34.7 Å². The summed E-state index contributed by atoms with van der Waals surface area (Å²) in [6.07, 6.45) is 0.817. The zero-order valence-corrected chi connectivity index (χ0v) is 19.1. The van der Waals surface area contributed by atoms with Crippen LogP contribution in [0.2, 0.25) is 0 Å². The molecular formula is C26H28N4S. The average Bonchev–Trinajstić information content (AvgIpc) is 3.24. The van der Waals surface area contributed by atoms with Gasteiger partial charge < -0.3 is 10.2 Å². The first-order chi connectivity index (χ1) is 15.0. The molecule has 1 aliphatic heterocycles. The molecule has 0 spiro atoms. The van der Waals surface area contributed by atoms with Crippen LogP contribution in [-0.4, -0.2) is 29.9 Å². The number of hydrogen-bond acceptors (Lipinski definition) is 3. The van der Waals surface area contributed by atoms with Crippen LogP contribution >= 0.6 is 12.2 Å². The van der Waals surface area contributed by atoms with Crippen LogP contribution in [0.15, 0.2) is 84.0 Å². The molecule has 0 aliphatic carbocycles. The van der Waals surface area contributed by atoms with E-state index in [1.165, 1.54) is 22.4 Å². The molecule has 1 aliphatic rings. The molecule has 1 atom stereocenters. The van der Waals surface area contributed by atoms with Crippen molar-refractivity contribution < 1.29 is 0 Å². The van der Waals surface area contributed by atoms with Crippen molar-refractivity contribution in [3.63, 3.8) is 0 Å². The molecule has 0 aromatic heterocycles. The Balaban J connectivity index is 1.59. The predicted octanol–water partition coefficient (Wildman–Crippen LogP) is 5.29. The average molecular weight is 429 g/mol. The number of nitrogens with zero attached hydrogens (tertiary/aromatic N) is 3. The second kappa shape index (κ2) is 9.31. The first-order valence-electron chi connectivity index (χ1n) is 10.5. The number of nitrogens with one attached hydrogen (secondary N) is 1. The van der Waals surface area contributed by atoms with E-state index in [9.17, 15) is 0 Å². The second-order valence-corrected chi connectivity index (χ2v) is 8.49. The molecule has 4 nitrogen and oxygen atoms in total. The fraction of sp³-hybridized carbons (Fsp3) is 0.231. The minimum atomic E-state index is 0.0725. The van der Waals surface area contributed by atoms with E-state index >= 15 is 0 Å². The maximum atomic E-state index is 5.78. The molecule has 0 fully saturated rings. The summed E-state index contributed by atoms with van der Waals surface area (Å²) in [5.41, 5.74) is 7.03. The zero-order valence-electron chi connectivity index (χ0n) is 18.2. The smallest absolute Gasteiger partial charge is 0.190 e. The summed E-state index contributed by atoms with van der Waals surface area (Å²) < 4.78 is 0. The van der Waals surface area contributed by atoms with Gasteiger partial charge >= 0.3 is 0 Å². The Morgan fingerprint density at radius 1 is 1.00 bits per heavy atom. The molecule has 4 rings (SSSR count). The predicted molar refractivity (Wildman–Crippen MR) is 134 cm³/mol. The number of aryl methyl sites for hydroxylation is 1. The van der Waals surface area contributed by atoms with Gasteiger partial charge in [0.05, 0.1) is 11.8 Å². The lowest BCUT2D eigenvalue weighted by Crippen LogP contribution is -2.36. The van der Waals surface area contributed by atoms with Crippen molar-refractivity contribution in [3.05, 3.63) is 101 Å². The number of hydrogen-bond donors (Lipinski definition) is 1. The van der Waals surface area contributed by atoms with E-state index in [0.29, 0.717) is 11.7 Å². The monoisotopic (exact) mass is 428 g/mol. The lowest BCUT2D eigenvalue weighted by atomic mass is 9.98. The molecular weight excluding hydrogens is 400 g/mol. The number of thiocarbonyl (C=S) groups is 1. The first kappa shape index (κ1) is 21.1. The topological polar surface area (TPSA) is 30.9 Å². The van der Waals surface area contributed by atoms with Crippen LogP contribution in [0.5, 0.6) is 0 Å². The summed E-state index contributed by atoms with van der Waals surface area (Å²) >= 11 is 5.78. The lowest BCUT2D eigenvalue weighted by molar-refractivity contribution is 0.364. The van der Waals surface area contributed by atoms with E-state index in [4.69, 9.17) is 17.3 Å². The Bertz CT molecular complexity index is 1060. The molecule has 1 heterocycles. The van der Waals surface area contributed by atoms with Crippen molar-refractivity contribution in [3.8, 4) is 0 Å². The second-order valence-electron chi connectivity index (χ2n) is 8.11. The standard InChI is InChI=1S/C26H28N4S/c1-19-9-11-21(12-10-19)24-17-25(22-13-15-23(16-14-22)29(2)3)30(28-24)26(31)27-18-20-7-5-4-6-8-20/h4-16,25H,17-18H2,1-3H3,(H,27,31). The summed E-state index contributed by atoms with van der Waals surface area (Å²) in [6, 6.07) is 27.6. The highest BCUT2D eigenvalue weighted by Gasteiger charge is 2.31. The Labute approximate surface area is 190 Å². The van der Waals surface area contributed by atoms with Crippen molar-refractivity contribution in [1.82, 2.24) is 10.3 Å². The molecule has 5 heteroatoms. The van der Waals surface area contributed by atoms with Gasteiger partial charge in [-0.3, -0.25) is 0 Å². The van der Waals surface area contributed by atoms with Crippen molar-refractivity contribution in [2.24, 2.45) is 5.10 Å². The maximum absolute atomic E-state index is 5.78. The third kappa shape index (κ3) is 4.94. The van der Waals surface area contributed by atoms with E-state index in [1.807, 2.05) is 23.2 Å². The summed E-state index contributed by atoms with van der Waals surface area (Å²) in [7, 11) is 4.11. The fourth-order valence-electron chi connectivity index (χ4n) is 3.73. The van der Waals surface area contributed by atoms with Gasteiger partial charge in [-0.1, -0.05) is 72.3 Å². The van der Waals surface area contributed by atoms with Gasteiger partial charge in [0.1, 0.15) is 0 Å². The molecule has 31 heavy (non-hydrogen) atoms. The zero-order chi connectivity index (χ0) is 21.8. The first-order valence-corrected chi connectivity index (χ1v) is 10.9. The summed E-state index contributed by atoms with van der Waals surface area (Å²) in [5, 5.41) is 11.0. The molecule has 1 N–H and O–H groups in total. The maximum Gasteiger partial charge on any atom is 0.190 e. The van der Waals surface area contributed by atoms with Gasteiger partial charge in [0.25, 0.3) is 0 Å².